The van der Waals surface area contributed by atoms with Crippen LogP contribution in [0.5, 0.6) is 5.75 Å². The molecule has 0 bridgehead atoms. The average Bonchev–Trinajstić information content (AvgIpc) is 2.38. The van der Waals surface area contributed by atoms with Crippen molar-refractivity contribution in [1.29, 1.82) is 0 Å². The second-order valence-corrected chi connectivity index (χ2v) is 5.30. The third kappa shape index (κ3) is 3.70. The van der Waals surface area contributed by atoms with Gasteiger partial charge in [0.2, 0.25) is 0 Å². The summed E-state index contributed by atoms with van der Waals surface area (Å²) in [4.78, 5) is 12.2. The highest BCUT2D eigenvalue weighted by Crippen LogP contribution is 2.34. The number of hydrogen-bond acceptors (Lipinski definition) is 2. The third-order valence-corrected chi connectivity index (χ3v) is 3.33. The minimum Gasteiger partial charge on any atom is -0.423 e. The normalized spacial score (nSPS) is 11.4. The van der Waals surface area contributed by atoms with Crippen LogP contribution in [0.2, 0.25) is 0 Å². The van der Waals surface area contributed by atoms with E-state index >= 15 is 0 Å². The Labute approximate surface area is 130 Å². The van der Waals surface area contributed by atoms with Crippen molar-refractivity contribution in [3.63, 3.8) is 0 Å². The summed E-state index contributed by atoms with van der Waals surface area (Å²) in [6.07, 6.45) is -4.86. The van der Waals surface area contributed by atoms with Gasteiger partial charge >= 0.3 is 12.1 Å². The second kappa shape index (κ2) is 6.02. The quantitative estimate of drug-likeness (QED) is 0.441. The zero-order chi connectivity index (χ0) is 17.4. The molecule has 0 heterocycles. The standard InChI is InChI=1S/C17H14F4O2/c1-9-6-10(2)15(11(3)7-9)16(22)23-12-4-5-14(18)13(8-12)17(19,20)21/h4-8H,1-3H3. The molecule has 0 aromatic heterocycles. The van der Waals surface area contributed by atoms with Gasteiger partial charge < -0.3 is 4.74 Å². The lowest BCUT2D eigenvalue weighted by Crippen LogP contribution is -2.14. The lowest BCUT2D eigenvalue weighted by atomic mass is 10.00. The maximum absolute atomic E-state index is 13.2. The summed E-state index contributed by atoms with van der Waals surface area (Å²) in [5.74, 6) is -2.55. The number of rotatable bonds is 2. The van der Waals surface area contributed by atoms with E-state index in [1.165, 1.54) is 0 Å². The number of aryl methyl sites for hydroxylation is 3. The molecule has 122 valence electrons. The zero-order valence-corrected chi connectivity index (χ0v) is 12.7. The monoisotopic (exact) mass is 326 g/mol. The van der Waals surface area contributed by atoms with Gasteiger partial charge in [-0.3, -0.25) is 0 Å². The fraction of sp³-hybridized carbons (Fsp3) is 0.235. The van der Waals surface area contributed by atoms with Gasteiger partial charge in [0.15, 0.2) is 0 Å². The third-order valence-electron chi connectivity index (χ3n) is 3.33. The fourth-order valence-corrected chi connectivity index (χ4v) is 2.45. The molecule has 0 N–H and O–H groups in total. The molecule has 6 heteroatoms. The molecular weight excluding hydrogens is 312 g/mol. The van der Waals surface area contributed by atoms with Crippen LogP contribution in [0.4, 0.5) is 17.6 Å². The van der Waals surface area contributed by atoms with E-state index in [9.17, 15) is 22.4 Å². The van der Waals surface area contributed by atoms with E-state index in [2.05, 4.69) is 0 Å². The number of carbonyl (C=O) groups is 1. The first-order valence-corrected chi connectivity index (χ1v) is 6.76. The van der Waals surface area contributed by atoms with Gasteiger partial charge in [-0.2, -0.15) is 13.2 Å². The smallest absolute Gasteiger partial charge is 0.419 e. The van der Waals surface area contributed by atoms with Crippen molar-refractivity contribution >= 4 is 5.97 Å². The SMILES string of the molecule is Cc1cc(C)c(C(=O)Oc2ccc(F)c(C(F)(F)F)c2)c(C)c1. The molecule has 0 aliphatic rings. The molecule has 0 unspecified atom stereocenters. The van der Waals surface area contributed by atoms with Crippen LogP contribution in [0.3, 0.4) is 0 Å². The minimum atomic E-state index is -4.86. The summed E-state index contributed by atoms with van der Waals surface area (Å²) in [6, 6.07) is 5.64. The highest BCUT2D eigenvalue weighted by atomic mass is 19.4. The maximum atomic E-state index is 13.2. The van der Waals surface area contributed by atoms with Crippen molar-refractivity contribution < 1.29 is 27.1 Å². The Hall–Kier alpha value is -2.37. The number of halogens is 4. The number of benzene rings is 2. The van der Waals surface area contributed by atoms with Crippen molar-refractivity contribution in [2.75, 3.05) is 0 Å². The van der Waals surface area contributed by atoms with Crippen molar-refractivity contribution in [2.24, 2.45) is 0 Å². The molecule has 2 rings (SSSR count). The Morgan fingerprint density at radius 3 is 2.09 bits per heavy atom. The first-order chi connectivity index (χ1) is 10.6. The molecule has 0 amide bonds. The number of alkyl halides is 3. The first-order valence-electron chi connectivity index (χ1n) is 6.76. The van der Waals surface area contributed by atoms with Crippen molar-refractivity contribution in [2.45, 2.75) is 26.9 Å². The van der Waals surface area contributed by atoms with Gasteiger partial charge in [-0.25, -0.2) is 9.18 Å². The summed E-state index contributed by atoms with van der Waals surface area (Å²) >= 11 is 0. The molecule has 0 aliphatic carbocycles. The molecule has 0 spiro atoms. The molecule has 2 aromatic rings. The van der Waals surface area contributed by atoms with Crippen LogP contribution in [0.15, 0.2) is 30.3 Å². The Kier molecular flexibility index (Phi) is 4.45. The van der Waals surface area contributed by atoms with E-state index in [0.29, 0.717) is 23.3 Å². The van der Waals surface area contributed by atoms with E-state index < -0.39 is 23.5 Å². The van der Waals surface area contributed by atoms with Gasteiger partial charge in [-0.1, -0.05) is 17.7 Å². The molecule has 0 saturated carbocycles. The van der Waals surface area contributed by atoms with E-state index in [-0.39, 0.29) is 11.3 Å². The van der Waals surface area contributed by atoms with Crippen LogP contribution in [-0.4, -0.2) is 5.97 Å². The van der Waals surface area contributed by atoms with Crippen molar-refractivity contribution in [3.8, 4) is 5.75 Å². The second-order valence-electron chi connectivity index (χ2n) is 5.30. The largest absolute Gasteiger partial charge is 0.423 e. The van der Waals surface area contributed by atoms with Gasteiger partial charge in [-0.15, -0.1) is 0 Å². The Bertz CT molecular complexity index is 741. The van der Waals surface area contributed by atoms with Crippen LogP contribution in [-0.2, 0) is 6.18 Å². The average molecular weight is 326 g/mol. The molecule has 0 fully saturated rings. The van der Waals surface area contributed by atoms with Gasteiger partial charge in [0.1, 0.15) is 11.6 Å². The van der Waals surface area contributed by atoms with Gasteiger partial charge in [-0.05, 0) is 50.1 Å². The van der Waals surface area contributed by atoms with Gasteiger partial charge in [0, 0.05) is 0 Å². The molecular formula is C17H14F4O2. The summed E-state index contributed by atoms with van der Waals surface area (Å²) in [5, 5.41) is 0. The lowest BCUT2D eigenvalue weighted by Gasteiger charge is -2.13. The summed E-state index contributed by atoms with van der Waals surface area (Å²) in [5.41, 5.74) is 1.09. The molecule has 0 aliphatic heterocycles. The molecule has 2 aromatic carbocycles. The number of hydrogen-bond donors (Lipinski definition) is 0. The fourth-order valence-electron chi connectivity index (χ4n) is 2.45. The topological polar surface area (TPSA) is 26.3 Å². The molecule has 23 heavy (non-hydrogen) atoms. The molecule has 0 atom stereocenters. The molecule has 2 nitrogen and oxygen atoms in total. The van der Waals surface area contributed by atoms with Crippen LogP contribution in [0.1, 0.15) is 32.6 Å². The van der Waals surface area contributed by atoms with Crippen LogP contribution in [0, 0.1) is 26.6 Å². The summed E-state index contributed by atoms with van der Waals surface area (Å²) < 4.78 is 56.3. The van der Waals surface area contributed by atoms with Crippen LogP contribution < -0.4 is 4.74 Å². The predicted molar refractivity (Wildman–Crippen MR) is 77.0 cm³/mol. The summed E-state index contributed by atoms with van der Waals surface area (Å²) in [7, 11) is 0. The Morgan fingerprint density at radius 1 is 1.00 bits per heavy atom. The first kappa shape index (κ1) is 17.0. The zero-order valence-electron chi connectivity index (χ0n) is 12.7. The van der Waals surface area contributed by atoms with Crippen LogP contribution in [0.25, 0.3) is 0 Å². The van der Waals surface area contributed by atoms with E-state index in [1.807, 2.05) is 6.92 Å². The van der Waals surface area contributed by atoms with E-state index in [4.69, 9.17) is 4.74 Å². The maximum Gasteiger partial charge on any atom is 0.419 e. The van der Waals surface area contributed by atoms with Crippen LogP contribution >= 0.6 is 0 Å². The van der Waals surface area contributed by atoms with E-state index in [1.54, 1.807) is 26.0 Å². The molecule has 0 saturated heterocycles. The number of esters is 1. The minimum absolute atomic E-state index is 0.286. The predicted octanol–water partition coefficient (Wildman–Crippen LogP) is 4.99. The lowest BCUT2D eigenvalue weighted by molar-refractivity contribution is -0.140. The van der Waals surface area contributed by atoms with E-state index in [0.717, 1.165) is 11.6 Å². The van der Waals surface area contributed by atoms with Gasteiger partial charge in [0.05, 0.1) is 11.1 Å². The number of carbonyl (C=O) groups excluding carboxylic acids is 1. The Balaban J connectivity index is 2.35. The highest BCUT2D eigenvalue weighted by molar-refractivity contribution is 5.94. The highest BCUT2D eigenvalue weighted by Gasteiger charge is 2.34. The van der Waals surface area contributed by atoms with Crippen molar-refractivity contribution in [3.05, 3.63) is 64.0 Å². The number of ether oxygens (including phenoxy) is 1. The Morgan fingerprint density at radius 2 is 1.57 bits per heavy atom. The summed E-state index contributed by atoms with van der Waals surface area (Å²) in [6.45, 7) is 5.29. The molecule has 0 radical (unpaired) electrons. The van der Waals surface area contributed by atoms with Gasteiger partial charge in [0.25, 0.3) is 0 Å². The van der Waals surface area contributed by atoms with Crippen molar-refractivity contribution in [1.82, 2.24) is 0 Å².